The third-order valence-electron chi connectivity index (χ3n) is 1.54. The second-order valence-electron chi connectivity index (χ2n) is 2.83. The van der Waals surface area contributed by atoms with Gasteiger partial charge < -0.3 is 18.9 Å². The molecule has 16 heavy (non-hydrogen) atoms. The van der Waals surface area contributed by atoms with Crippen molar-refractivity contribution in [3.63, 3.8) is 0 Å². The zero-order valence-electron chi connectivity index (χ0n) is 9.58. The van der Waals surface area contributed by atoms with E-state index in [4.69, 9.17) is 30.5 Å². The molecule has 0 atom stereocenters. The molecule has 0 rings (SSSR count). The molecule has 0 unspecified atom stereocenters. The Labute approximate surface area is 101 Å². The molecule has 0 aromatic rings. The van der Waals surface area contributed by atoms with Crippen LogP contribution in [0.1, 0.15) is 6.92 Å². The van der Waals surface area contributed by atoms with E-state index in [1.54, 1.807) is 0 Å². The minimum atomic E-state index is -0.501. The van der Waals surface area contributed by atoms with Gasteiger partial charge >= 0.3 is 0 Å². The lowest BCUT2D eigenvalue weighted by molar-refractivity contribution is -0.116. The summed E-state index contributed by atoms with van der Waals surface area (Å²) in [4.78, 5) is 10.3. The highest BCUT2D eigenvalue weighted by molar-refractivity contribution is 6.63. The molecule has 0 saturated heterocycles. The Kier molecular flexibility index (Phi) is 12.7. The largest absolute Gasteiger partial charge is 0.379 e. The number of carbonyl (C=O) groups excluding carboxylic acids is 1. The number of hydrogen-bond acceptors (Lipinski definition) is 5. The monoisotopic (exact) mass is 254 g/mol. The van der Waals surface area contributed by atoms with Gasteiger partial charge in [0.2, 0.25) is 5.24 Å². The van der Waals surface area contributed by atoms with Crippen molar-refractivity contribution in [3.8, 4) is 0 Å². The summed E-state index contributed by atoms with van der Waals surface area (Å²) in [6.07, 6.45) is 0. The third-order valence-corrected chi connectivity index (χ3v) is 1.64. The van der Waals surface area contributed by atoms with Gasteiger partial charge in [0.05, 0.1) is 39.6 Å². The Morgan fingerprint density at radius 1 is 0.875 bits per heavy atom. The van der Waals surface area contributed by atoms with Gasteiger partial charge in [0.1, 0.15) is 6.61 Å². The number of ether oxygens (including phenoxy) is 4. The van der Waals surface area contributed by atoms with E-state index < -0.39 is 5.24 Å². The summed E-state index contributed by atoms with van der Waals surface area (Å²) in [6.45, 7) is 5.58. The molecule has 0 spiro atoms. The normalized spacial score (nSPS) is 10.6. The standard InChI is InChI=1S/C10H19ClO5/c1-2-13-3-4-14-5-6-15-7-8-16-9-10(11)12/h2-9H2,1H3. The molecule has 0 fully saturated rings. The van der Waals surface area contributed by atoms with Gasteiger partial charge in [-0.1, -0.05) is 0 Å². The van der Waals surface area contributed by atoms with Crippen molar-refractivity contribution < 1.29 is 23.7 Å². The summed E-state index contributed by atoms with van der Waals surface area (Å²) in [7, 11) is 0. The average molecular weight is 255 g/mol. The summed E-state index contributed by atoms with van der Waals surface area (Å²) < 4.78 is 20.4. The molecule has 0 bridgehead atoms. The Morgan fingerprint density at radius 2 is 1.31 bits per heavy atom. The van der Waals surface area contributed by atoms with Crippen LogP contribution in [0.5, 0.6) is 0 Å². The van der Waals surface area contributed by atoms with Crippen molar-refractivity contribution in [2.24, 2.45) is 0 Å². The lowest BCUT2D eigenvalue weighted by Gasteiger charge is -2.05. The van der Waals surface area contributed by atoms with Crippen LogP contribution in [0.4, 0.5) is 0 Å². The van der Waals surface area contributed by atoms with E-state index in [2.05, 4.69) is 0 Å². The van der Waals surface area contributed by atoms with Crippen molar-refractivity contribution in [1.82, 2.24) is 0 Å². The smallest absolute Gasteiger partial charge is 0.247 e. The molecule has 5 nitrogen and oxygen atoms in total. The Hall–Kier alpha value is -0.200. The Bertz CT molecular complexity index is 165. The van der Waals surface area contributed by atoms with Crippen molar-refractivity contribution in [1.29, 1.82) is 0 Å². The van der Waals surface area contributed by atoms with Crippen LogP contribution in [0.3, 0.4) is 0 Å². The van der Waals surface area contributed by atoms with E-state index in [1.807, 2.05) is 6.92 Å². The topological polar surface area (TPSA) is 54.0 Å². The molecule has 0 radical (unpaired) electrons. The lowest BCUT2D eigenvalue weighted by atomic mass is 10.7. The van der Waals surface area contributed by atoms with Gasteiger partial charge in [-0.25, -0.2) is 0 Å². The Balaban J connectivity index is 2.90. The molecule has 0 heterocycles. The SMILES string of the molecule is CCOCCOCCOCCOCC(=O)Cl. The molecule has 0 aromatic heterocycles. The van der Waals surface area contributed by atoms with Crippen LogP contribution in [0, 0.1) is 0 Å². The number of rotatable bonds is 12. The molecule has 0 aliphatic heterocycles. The molecule has 0 aliphatic rings. The maximum Gasteiger partial charge on any atom is 0.247 e. The maximum absolute atomic E-state index is 10.3. The average Bonchev–Trinajstić information content (AvgIpc) is 2.25. The van der Waals surface area contributed by atoms with Gasteiger partial charge in [-0.3, -0.25) is 4.79 Å². The molecular weight excluding hydrogens is 236 g/mol. The van der Waals surface area contributed by atoms with Crippen molar-refractivity contribution in [2.45, 2.75) is 6.92 Å². The molecule has 0 saturated carbocycles. The van der Waals surface area contributed by atoms with Gasteiger partial charge in [0.15, 0.2) is 0 Å². The van der Waals surface area contributed by atoms with Crippen LogP contribution >= 0.6 is 11.6 Å². The first-order valence-corrected chi connectivity index (χ1v) is 5.64. The second-order valence-corrected chi connectivity index (χ2v) is 3.25. The fourth-order valence-corrected chi connectivity index (χ4v) is 0.932. The highest BCUT2D eigenvalue weighted by atomic mass is 35.5. The van der Waals surface area contributed by atoms with Gasteiger partial charge in [-0.05, 0) is 18.5 Å². The first-order valence-electron chi connectivity index (χ1n) is 5.26. The van der Waals surface area contributed by atoms with Crippen LogP contribution in [0.2, 0.25) is 0 Å². The summed E-state index contributed by atoms with van der Waals surface area (Å²) in [5.74, 6) is 0. The third kappa shape index (κ3) is 13.8. The van der Waals surface area contributed by atoms with E-state index in [9.17, 15) is 4.79 Å². The zero-order valence-corrected chi connectivity index (χ0v) is 10.3. The van der Waals surface area contributed by atoms with Crippen LogP contribution in [0.15, 0.2) is 0 Å². The van der Waals surface area contributed by atoms with Gasteiger partial charge in [0.25, 0.3) is 0 Å². The second kappa shape index (κ2) is 12.9. The Morgan fingerprint density at radius 3 is 1.75 bits per heavy atom. The molecule has 0 N–H and O–H groups in total. The molecule has 0 amide bonds. The van der Waals surface area contributed by atoms with Gasteiger partial charge in [-0.15, -0.1) is 0 Å². The summed E-state index contributed by atoms with van der Waals surface area (Å²) in [6, 6.07) is 0. The fraction of sp³-hybridized carbons (Fsp3) is 0.900. The minimum absolute atomic E-state index is 0.0736. The van der Waals surface area contributed by atoms with Crippen molar-refractivity contribution >= 4 is 16.8 Å². The molecule has 6 heteroatoms. The van der Waals surface area contributed by atoms with Crippen LogP contribution in [-0.2, 0) is 23.7 Å². The fourth-order valence-electron chi connectivity index (χ4n) is 0.854. The number of carbonyl (C=O) groups is 1. The highest BCUT2D eigenvalue weighted by Gasteiger charge is 1.95. The predicted octanol–water partition coefficient (Wildman–Crippen LogP) is 0.838. The molecule has 96 valence electrons. The summed E-state index contributed by atoms with van der Waals surface area (Å²) in [5, 5.41) is -0.501. The first-order chi connectivity index (χ1) is 7.77. The summed E-state index contributed by atoms with van der Waals surface area (Å²) >= 11 is 5.06. The van der Waals surface area contributed by atoms with E-state index >= 15 is 0 Å². The lowest BCUT2D eigenvalue weighted by Crippen LogP contribution is -2.12. The van der Waals surface area contributed by atoms with Crippen molar-refractivity contribution in [3.05, 3.63) is 0 Å². The van der Waals surface area contributed by atoms with E-state index in [1.165, 1.54) is 0 Å². The molecule has 0 aromatic carbocycles. The van der Waals surface area contributed by atoms with Gasteiger partial charge in [0, 0.05) is 6.61 Å². The molecular formula is C10H19ClO5. The predicted molar refractivity (Wildman–Crippen MR) is 59.8 cm³/mol. The first kappa shape index (κ1) is 15.8. The van der Waals surface area contributed by atoms with E-state index in [0.29, 0.717) is 46.2 Å². The minimum Gasteiger partial charge on any atom is -0.379 e. The van der Waals surface area contributed by atoms with Crippen LogP contribution in [-0.4, -0.2) is 58.1 Å². The van der Waals surface area contributed by atoms with E-state index in [0.717, 1.165) is 0 Å². The number of hydrogen-bond donors (Lipinski definition) is 0. The van der Waals surface area contributed by atoms with Crippen molar-refractivity contribution in [2.75, 3.05) is 52.9 Å². The van der Waals surface area contributed by atoms with Crippen LogP contribution < -0.4 is 0 Å². The maximum atomic E-state index is 10.3. The quantitative estimate of drug-likeness (QED) is 0.382. The molecule has 0 aliphatic carbocycles. The van der Waals surface area contributed by atoms with Crippen LogP contribution in [0.25, 0.3) is 0 Å². The zero-order chi connectivity index (χ0) is 12.1. The number of halogens is 1. The van der Waals surface area contributed by atoms with Gasteiger partial charge in [-0.2, -0.15) is 0 Å². The highest BCUT2D eigenvalue weighted by Crippen LogP contribution is 1.84. The summed E-state index contributed by atoms with van der Waals surface area (Å²) in [5.41, 5.74) is 0. The van der Waals surface area contributed by atoms with E-state index in [-0.39, 0.29) is 6.61 Å².